The maximum atomic E-state index is 13.4. The van der Waals surface area contributed by atoms with Gasteiger partial charge in [-0.2, -0.15) is 18.3 Å². The van der Waals surface area contributed by atoms with Crippen LogP contribution in [0.25, 0.3) is 10.9 Å². The van der Waals surface area contributed by atoms with Gasteiger partial charge in [0.25, 0.3) is 5.91 Å². The number of hydrogen-bond acceptors (Lipinski definition) is 4. The third-order valence-corrected chi connectivity index (χ3v) is 5.76. The largest absolute Gasteiger partial charge is 0.433 e. The summed E-state index contributed by atoms with van der Waals surface area (Å²) in [4.78, 5) is 18.2. The number of alkyl halides is 3. The van der Waals surface area contributed by atoms with Crippen molar-refractivity contribution in [2.24, 2.45) is 7.05 Å². The van der Waals surface area contributed by atoms with E-state index >= 15 is 0 Å². The van der Waals surface area contributed by atoms with E-state index in [1.807, 2.05) is 6.92 Å². The number of fused-ring (bicyclic) bond motifs is 1. The summed E-state index contributed by atoms with van der Waals surface area (Å²) in [7, 11) is 1.80. The molecule has 2 aromatic heterocycles. The van der Waals surface area contributed by atoms with Crippen LogP contribution in [0.15, 0.2) is 60.8 Å². The number of pyridine rings is 1. The number of anilines is 1. The van der Waals surface area contributed by atoms with Crippen LogP contribution < -0.4 is 4.90 Å². The minimum absolute atomic E-state index is 0.0644. The summed E-state index contributed by atoms with van der Waals surface area (Å²) in [5, 5.41) is 15.9. The van der Waals surface area contributed by atoms with Crippen molar-refractivity contribution < 1.29 is 27.5 Å². The number of carbonyl (C=O) groups excluding carboxylic acids is 1. The quantitative estimate of drug-likeness (QED) is 0.400. The third kappa shape index (κ3) is 5.17. The van der Waals surface area contributed by atoms with Crippen molar-refractivity contribution in [3.8, 4) is 0 Å². The van der Waals surface area contributed by atoms with Gasteiger partial charge in [0, 0.05) is 30.9 Å². The van der Waals surface area contributed by atoms with Gasteiger partial charge in [-0.1, -0.05) is 18.2 Å². The molecule has 0 saturated heterocycles. The molecule has 1 N–H and O–H groups in total. The molecule has 0 radical (unpaired) electrons. The molecule has 0 bridgehead atoms. The van der Waals surface area contributed by atoms with E-state index in [9.17, 15) is 27.5 Å². The highest BCUT2D eigenvalue weighted by Gasteiger charge is 2.32. The average molecular weight is 486 g/mol. The lowest BCUT2D eigenvalue weighted by Crippen LogP contribution is -2.37. The van der Waals surface area contributed by atoms with E-state index in [0.29, 0.717) is 11.3 Å². The summed E-state index contributed by atoms with van der Waals surface area (Å²) in [6.45, 7) is 1.90. The molecule has 182 valence electrons. The fourth-order valence-corrected chi connectivity index (χ4v) is 3.88. The van der Waals surface area contributed by atoms with Crippen LogP contribution in [0.4, 0.5) is 23.2 Å². The number of aliphatic hydroxyl groups is 1. The maximum absolute atomic E-state index is 13.4. The van der Waals surface area contributed by atoms with Gasteiger partial charge in [0.1, 0.15) is 11.5 Å². The molecule has 0 spiro atoms. The average Bonchev–Trinajstić information content (AvgIpc) is 3.11. The van der Waals surface area contributed by atoms with Crippen molar-refractivity contribution in [1.29, 1.82) is 0 Å². The van der Waals surface area contributed by atoms with Crippen molar-refractivity contribution in [2.75, 3.05) is 11.4 Å². The number of carbonyl (C=O) groups is 1. The lowest BCUT2D eigenvalue weighted by atomic mass is 10.1. The number of aliphatic hydroxyl groups excluding tert-OH is 1. The highest BCUT2D eigenvalue weighted by molar-refractivity contribution is 5.99. The summed E-state index contributed by atoms with van der Waals surface area (Å²) >= 11 is 0. The van der Waals surface area contributed by atoms with E-state index in [2.05, 4.69) is 10.1 Å². The SMILES string of the molecule is Cc1nn(C)c2ccc(N(CCc3ccc(C(F)(F)F)nc3)C(=O)[C@@H](O)c3ccc(F)cc3)cc12. The zero-order valence-corrected chi connectivity index (χ0v) is 18.9. The number of aryl methyl sites for hydroxylation is 2. The first-order chi connectivity index (χ1) is 16.5. The topological polar surface area (TPSA) is 71.2 Å². The van der Waals surface area contributed by atoms with Gasteiger partial charge in [-0.05, 0) is 60.9 Å². The molecule has 35 heavy (non-hydrogen) atoms. The normalized spacial score (nSPS) is 12.7. The second-order valence-corrected chi connectivity index (χ2v) is 8.15. The van der Waals surface area contributed by atoms with Gasteiger partial charge >= 0.3 is 6.18 Å². The molecule has 4 rings (SSSR count). The van der Waals surface area contributed by atoms with E-state index in [-0.39, 0.29) is 18.5 Å². The highest BCUT2D eigenvalue weighted by atomic mass is 19.4. The van der Waals surface area contributed by atoms with Crippen LogP contribution in [-0.2, 0) is 24.4 Å². The van der Waals surface area contributed by atoms with E-state index in [0.717, 1.165) is 41.0 Å². The number of aromatic nitrogens is 3. The Morgan fingerprint density at radius 3 is 2.46 bits per heavy atom. The maximum Gasteiger partial charge on any atom is 0.433 e. The predicted octanol–water partition coefficient (Wildman–Crippen LogP) is 4.74. The smallest absolute Gasteiger partial charge is 0.378 e. The fourth-order valence-electron chi connectivity index (χ4n) is 3.88. The number of nitrogens with zero attached hydrogens (tertiary/aromatic N) is 4. The Hall–Kier alpha value is -3.79. The summed E-state index contributed by atoms with van der Waals surface area (Å²) < 4.78 is 53.5. The Morgan fingerprint density at radius 2 is 1.83 bits per heavy atom. The van der Waals surface area contributed by atoms with Gasteiger partial charge in [-0.15, -0.1) is 0 Å². The summed E-state index contributed by atoms with van der Waals surface area (Å²) in [5.74, 6) is -1.16. The Labute approximate surface area is 198 Å². The van der Waals surface area contributed by atoms with Crippen LogP contribution in [0.5, 0.6) is 0 Å². The van der Waals surface area contributed by atoms with E-state index in [1.54, 1.807) is 29.9 Å². The van der Waals surface area contributed by atoms with Gasteiger partial charge in [0.05, 0.1) is 11.2 Å². The van der Waals surface area contributed by atoms with E-state index in [1.165, 1.54) is 23.1 Å². The van der Waals surface area contributed by atoms with Crippen LogP contribution in [-0.4, -0.2) is 32.3 Å². The predicted molar refractivity (Wildman–Crippen MR) is 122 cm³/mol. The lowest BCUT2D eigenvalue weighted by molar-refractivity contribution is -0.141. The zero-order valence-electron chi connectivity index (χ0n) is 18.9. The Morgan fingerprint density at radius 1 is 1.11 bits per heavy atom. The van der Waals surface area contributed by atoms with Gasteiger partial charge in [0.15, 0.2) is 6.10 Å². The first-order valence-corrected chi connectivity index (χ1v) is 10.7. The van der Waals surface area contributed by atoms with Crippen molar-refractivity contribution in [2.45, 2.75) is 25.6 Å². The molecule has 1 atom stereocenters. The first kappa shape index (κ1) is 24.3. The molecule has 4 aromatic rings. The molecule has 1 amide bonds. The molecule has 0 aliphatic rings. The van der Waals surface area contributed by atoms with Gasteiger partial charge in [-0.3, -0.25) is 14.5 Å². The number of amides is 1. The number of hydrogen-bond donors (Lipinski definition) is 1. The molecule has 0 aliphatic heterocycles. The number of benzene rings is 2. The first-order valence-electron chi connectivity index (χ1n) is 10.7. The molecule has 2 heterocycles. The van der Waals surface area contributed by atoms with Gasteiger partial charge < -0.3 is 10.0 Å². The Bertz CT molecular complexity index is 1350. The minimum Gasteiger partial charge on any atom is -0.378 e. The van der Waals surface area contributed by atoms with Crippen LogP contribution in [0.2, 0.25) is 0 Å². The Balaban J connectivity index is 1.65. The van der Waals surface area contributed by atoms with Gasteiger partial charge in [-0.25, -0.2) is 4.39 Å². The number of rotatable bonds is 6. The van der Waals surface area contributed by atoms with Gasteiger partial charge in [0.2, 0.25) is 0 Å². The molecule has 0 unspecified atom stereocenters. The number of halogens is 4. The second-order valence-electron chi connectivity index (χ2n) is 8.15. The molecule has 0 aliphatic carbocycles. The van der Waals surface area contributed by atoms with Crippen LogP contribution >= 0.6 is 0 Å². The van der Waals surface area contributed by atoms with Crippen molar-refractivity contribution >= 4 is 22.5 Å². The molecular formula is C25H22F4N4O2. The van der Waals surface area contributed by atoms with Crippen LogP contribution in [0.3, 0.4) is 0 Å². The Kier molecular flexibility index (Phi) is 6.58. The minimum atomic E-state index is -4.54. The third-order valence-electron chi connectivity index (χ3n) is 5.76. The molecule has 2 aromatic carbocycles. The second kappa shape index (κ2) is 9.46. The molecule has 10 heteroatoms. The monoisotopic (exact) mass is 486 g/mol. The summed E-state index contributed by atoms with van der Waals surface area (Å²) in [5.41, 5.74) is 1.80. The lowest BCUT2D eigenvalue weighted by Gasteiger charge is -2.26. The fraction of sp³-hybridized carbons (Fsp3) is 0.240. The van der Waals surface area contributed by atoms with Crippen LogP contribution in [0, 0.1) is 12.7 Å². The van der Waals surface area contributed by atoms with E-state index < -0.39 is 29.7 Å². The van der Waals surface area contributed by atoms with Crippen molar-refractivity contribution in [3.05, 3.63) is 89.1 Å². The molecule has 6 nitrogen and oxygen atoms in total. The summed E-state index contributed by atoms with van der Waals surface area (Å²) in [6, 6.07) is 12.4. The standard InChI is InChI=1S/C25H22F4N4O2/c1-15-20-13-19(8-9-21(20)32(2)31-15)33(24(35)23(34)17-4-6-18(26)7-5-17)12-11-16-3-10-22(30-14-16)25(27,28)29/h3-10,13-14,23,34H,11-12H2,1-2H3/t23-/m0/s1. The zero-order chi connectivity index (χ0) is 25.3. The van der Waals surface area contributed by atoms with E-state index in [4.69, 9.17) is 0 Å². The van der Waals surface area contributed by atoms with Crippen molar-refractivity contribution in [3.63, 3.8) is 0 Å². The van der Waals surface area contributed by atoms with Crippen LogP contribution in [0.1, 0.15) is 28.6 Å². The summed E-state index contributed by atoms with van der Waals surface area (Å²) in [6.07, 6.45) is -4.79. The molecular weight excluding hydrogens is 464 g/mol. The highest BCUT2D eigenvalue weighted by Crippen LogP contribution is 2.29. The van der Waals surface area contributed by atoms with Crippen molar-refractivity contribution in [1.82, 2.24) is 14.8 Å². The molecule has 0 saturated carbocycles. The molecule has 0 fully saturated rings.